The molecule has 2 heterocycles. The van der Waals surface area contributed by atoms with Crippen LogP contribution >= 0.6 is 43.2 Å². The molecule has 0 bridgehead atoms. The molecule has 0 fully saturated rings. The summed E-state index contributed by atoms with van der Waals surface area (Å²) in [5.41, 5.74) is 0.153. The van der Waals surface area contributed by atoms with Gasteiger partial charge in [0.2, 0.25) is 0 Å². The van der Waals surface area contributed by atoms with Crippen LogP contribution in [-0.2, 0) is 0 Å². The smallest absolute Gasteiger partial charge is 0.187 e. The quantitative estimate of drug-likeness (QED) is 0.157. The van der Waals surface area contributed by atoms with Gasteiger partial charge < -0.3 is 9.47 Å². The summed E-state index contributed by atoms with van der Waals surface area (Å²) in [6.45, 7) is 6.15. The number of thiophene rings is 1. The van der Waals surface area contributed by atoms with Crippen LogP contribution in [0.25, 0.3) is 0 Å². The number of fused-ring (bicyclic) bond motifs is 1. The molecule has 0 spiro atoms. The third kappa shape index (κ3) is 10.3. The Balaban J connectivity index is 1.79. The second kappa shape index (κ2) is 16.8. The van der Waals surface area contributed by atoms with Gasteiger partial charge in [-0.25, -0.2) is 0 Å². The summed E-state index contributed by atoms with van der Waals surface area (Å²) in [5.74, 6) is 1.80. The number of hydrogen-bond donors (Lipinski definition) is 0. The van der Waals surface area contributed by atoms with Gasteiger partial charge in [0.05, 0.1) is 13.2 Å². The van der Waals surface area contributed by atoms with Crippen LogP contribution < -0.4 is 9.47 Å². The first-order valence-corrected chi connectivity index (χ1v) is 15.8. The van der Waals surface area contributed by atoms with Gasteiger partial charge in [0.1, 0.15) is 7.57 Å². The lowest BCUT2D eigenvalue weighted by molar-refractivity contribution is 0.0778. The second-order valence-corrected chi connectivity index (χ2v) is 13.5. The topological polar surface area (TPSA) is 18.5 Å². The lowest BCUT2D eigenvalue weighted by Crippen LogP contribution is -2.33. The van der Waals surface area contributed by atoms with Gasteiger partial charge in [0.25, 0.3) is 0 Å². The fourth-order valence-corrected chi connectivity index (χ4v) is 7.63. The standard InChI is InChI=1S/C27H46Br2O2S/c1-3-5-7-9-11-13-15-17-19-27(20-18-16-14-12-10-8-6-4-2)21-30-23-24(31-22-27)26(29)32-25(23)28/h3-22H2,1-2H3. The molecule has 0 unspecified atom stereocenters. The van der Waals surface area contributed by atoms with Crippen molar-refractivity contribution in [1.82, 2.24) is 0 Å². The van der Waals surface area contributed by atoms with E-state index in [1.165, 1.54) is 116 Å². The molecular formula is C27H46Br2O2S. The Labute approximate surface area is 218 Å². The van der Waals surface area contributed by atoms with Crippen molar-refractivity contribution in [3.8, 4) is 11.5 Å². The van der Waals surface area contributed by atoms with Gasteiger partial charge in [0, 0.05) is 5.41 Å². The van der Waals surface area contributed by atoms with Gasteiger partial charge in [0.15, 0.2) is 11.5 Å². The molecule has 0 aliphatic carbocycles. The molecule has 186 valence electrons. The highest BCUT2D eigenvalue weighted by molar-refractivity contribution is 9.12. The van der Waals surface area contributed by atoms with Crippen LogP contribution in [0.4, 0.5) is 0 Å². The van der Waals surface area contributed by atoms with E-state index in [0.717, 1.165) is 32.3 Å². The van der Waals surface area contributed by atoms with Crippen molar-refractivity contribution in [2.45, 2.75) is 129 Å². The second-order valence-electron chi connectivity index (χ2n) is 9.83. The summed E-state index contributed by atoms with van der Waals surface area (Å²) in [6, 6.07) is 0. The molecule has 0 atom stereocenters. The molecule has 0 aromatic carbocycles. The minimum Gasteiger partial charge on any atom is -0.487 e. The van der Waals surface area contributed by atoms with Crippen molar-refractivity contribution in [3.63, 3.8) is 0 Å². The zero-order valence-corrected chi connectivity index (χ0v) is 24.6. The summed E-state index contributed by atoms with van der Waals surface area (Å²) in [4.78, 5) is 0. The predicted octanol–water partition coefficient (Wildman–Crippen LogP) is 11.1. The molecular weight excluding hydrogens is 548 g/mol. The minimum absolute atomic E-state index is 0.153. The van der Waals surface area contributed by atoms with Gasteiger partial charge in [-0.2, -0.15) is 0 Å². The fraction of sp³-hybridized carbons (Fsp3) is 0.852. The third-order valence-corrected chi connectivity index (χ3v) is 9.33. The largest absolute Gasteiger partial charge is 0.487 e. The Morgan fingerprint density at radius 1 is 0.594 bits per heavy atom. The van der Waals surface area contributed by atoms with E-state index in [2.05, 4.69) is 45.7 Å². The maximum atomic E-state index is 6.37. The average Bonchev–Trinajstić information content (AvgIpc) is 2.94. The lowest BCUT2D eigenvalue weighted by atomic mass is 9.79. The van der Waals surface area contributed by atoms with Gasteiger partial charge in [-0.05, 0) is 44.7 Å². The highest BCUT2D eigenvalue weighted by Crippen LogP contribution is 2.51. The lowest BCUT2D eigenvalue weighted by Gasteiger charge is -2.31. The molecule has 2 rings (SSSR count). The zero-order chi connectivity index (χ0) is 23.1. The summed E-state index contributed by atoms with van der Waals surface area (Å²) in [5, 5.41) is 0. The zero-order valence-electron chi connectivity index (χ0n) is 20.6. The van der Waals surface area contributed by atoms with E-state index < -0.39 is 0 Å². The molecule has 1 aromatic rings. The maximum absolute atomic E-state index is 6.37. The molecule has 5 heteroatoms. The third-order valence-electron chi connectivity index (χ3n) is 6.91. The first-order valence-electron chi connectivity index (χ1n) is 13.4. The van der Waals surface area contributed by atoms with Crippen LogP contribution in [0.15, 0.2) is 7.57 Å². The molecule has 1 aliphatic rings. The minimum atomic E-state index is 0.153. The first kappa shape index (κ1) is 28.5. The molecule has 0 radical (unpaired) electrons. The summed E-state index contributed by atoms with van der Waals surface area (Å²) < 4.78 is 14.8. The predicted molar refractivity (Wildman–Crippen MR) is 148 cm³/mol. The van der Waals surface area contributed by atoms with Crippen LogP contribution in [0.2, 0.25) is 0 Å². The Hall–Kier alpha value is 0.260. The van der Waals surface area contributed by atoms with E-state index in [-0.39, 0.29) is 5.41 Å². The molecule has 0 saturated heterocycles. The summed E-state index contributed by atoms with van der Waals surface area (Å²) in [6.07, 6.45) is 24.4. The maximum Gasteiger partial charge on any atom is 0.187 e. The number of ether oxygens (including phenoxy) is 2. The highest BCUT2D eigenvalue weighted by atomic mass is 79.9. The highest BCUT2D eigenvalue weighted by Gasteiger charge is 2.36. The van der Waals surface area contributed by atoms with Gasteiger partial charge >= 0.3 is 0 Å². The van der Waals surface area contributed by atoms with Gasteiger partial charge in [-0.15, -0.1) is 11.3 Å². The molecule has 1 aromatic heterocycles. The summed E-state index contributed by atoms with van der Waals surface area (Å²) in [7, 11) is 0. The number of halogens is 2. The molecule has 0 saturated carbocycles. The van der Waals surface area contributed by atoms with Crippen molar-refractivity contribution in [1.29, 1.82) is 0 Å². The van der Waals surface area contributed by atoms with Crippen molar-refractivity contribution in [3.05, 3.63) is 7.57 Å². The van der Waals surface area contributed by atoms with E-state index in [0.29, 0.717) is 0 Å². The van der Waals surface area contributed by atoms with Crippen LogP contribution in [0.5, 0.6) is 11.5 Å². The number of hydrogen-bond acceptors (Lipinski definition) is 3. The van der Waals surface area contributed by atoms with Gasteiger partial charge in [-0.1, -0.05) is 117 Å². The SMILES string of the molecule is CCCCCCCCCCC1(CCCCCCCCCC)COc2c(Br)sc(Br)c2OC1. The fourth-order valence-electron chi connectivity index (χ4n) is 4.77. The number of unbranched alkanes of at least 4 members (excludes halogenated alkanes) is 14. The van der Waals surface area contributed by atoms with E-state index in [9.17, 15) is 0 Å². The van der Waals surface area contributed by atoms with Crippen LogP contribution in [0.1, 0.15) is 129 Å². The monoisotopic (exact) mass is 592 g/mol. The van der Waals surface area contributed by atoms with Crippen molar-refractivity contribution >= 4 is 43.2 Å². The Morgan fingerprint density at radius 2 is 0.938 bits per heavy atom. The van der Waals surface area contributed by atoms with Crippen LogP contribution in [-0.4, -0.2) is 13.2 Å². The average molecular weight is 595 g/mol. The van der Waals surface area contributed by atoms with E-state index >= 15 is 0 Å². The molecule has 2 nitrogen and oxygen atoms in total. The first-order chi connectivity index (χ1) is 15.6. The van der Waals surface area contributed by atoms with E-state index in [1.807, 2.05) is 0 Å². The van der Waals surface area contributed by atoms with Crippen molar-refractivity contribution in [2.75, 3.05) is 13.2 Å². The molecule has 32 heavy (non-hydrogen) atoms. The Kier molecular flexibility index (Phi) is 15.0. The Morgan fingerprint density at radius 3 is 1.31 bits per heavy atom. The summed E-state index contributed by atoms with van der Waals surface area (Å²) >= 11 is 8.96. The van der Waals surface area contributed by atoms with Crippen molar-refractivity contribution < 1.29 is 9.47 Å². The van der Waals surface area contributed by atoms with E-state index in [4.69, 9.17) is 9.47 Å². The normalized spacial score (nSPS) is 15.1. The van der Waals surface area contributed by atoms with Crippen molar-refractivity contribution in [2.24, 2.45) is 5.41 Å². The van der Waals surface area contributed by atoms with Crippen LogP contribution in [0, 0.1) is 5.41 Å². The molecule has 0 amide bonds. The van der Waals surface area contributed by atoms with Gasteiger partial charge in [-0.3, -0.25) is 0 Å². The van der Waals surface area contributed by atoms with E-state index in [1.54, 1.807) is 11.3 Å². The molecule has 0 N–H and O–H groups in total. The molecule has 1 aliphatic heterocycles. The Bertz CT molecular complexity index is 567. The number of rotatable bonds is 18. The van der Waals surface area contributed by atoms with Crippen LogP contribution in [0.3, 0.4) is 0 Å².